The quantitative estimate of drug-likeness (QED) is 0.267. The summed E-state index contributed by atoms with van der Waals surface area (Å²) in [4.78, 5) is 26.8. The monoisotopic (exact) mass is 684 g/mol. The number of carbonyl (C=O) groups is 2. The molecule has 4 heterocycles. The average molecular weight is 685 g/mol. The third-order valence-electron chi connectivity index (χ3n) is 10.8. The Balaban J connectivity index is 1.53. The van der Waals surface area contributed by atoms with Gasteiger partial charge in [-0.05, 0) is 74.5 Å². The zero-order valence-corrected chi connectivity index (χ0v) is 30.1. The van der Waals surface area contributed by atoms with E-state index in [9.17, 15) is 24.9 Å². The van der Waals surface area contributed by atoms with E-state index in [2.05, 4.69) is 19.9 Å². The number of aliphatic hydroxyl groups is 3. The highest BCUT2D eigenvalue weighted by Crippen LogP contribution is 2.48. The van der Waals surface area contributed by atoms with Crippen molar-refractivity contribution < 1.29 is 48.6 Å². The minimum absolute atomic E-state index is 0.000270. The van der Waals surface area contributed by atoms with E-state index in [1.54, 1.807) is 6.08 Å². The third kappa shape index (κ3) is 8.00. The van der Waals surface area contributed by atoms with Crippen molar-refractivity contribution in [2.45, 2.75) is 135 Å². The summed E-state index contributed by atoms with van der Waals surface area (Å²) in [5.74, 6) is -3.47. The van der Waals surface area contributed by atoms with Gasteiger partial charge in [-0.1, -0.05) is 69.7 Å². The zero-order chi connectivity index (χ0) is 35.7. The number of aliphatic hydroxyl groups excluding tert-OH is 2. The van der Waals surface area contributed by atoms with Gasteiger partial charge in [0, 0.05) is 19.3 Å². The second-order valence-corrected chi connectivity index (χ2v) is 15.4. The molecule has 10 heteroatoms. The van der Waals surface area contributed by atoms with Crippen molar-refractivity contribution in [3.05, 3.63) is 58.7 Å². The first-order valence-corrected chi connectivity index (χ1v) is 18.0. The summed E-state index contributed by atoms with van der Waals surface area (Å²) in [7, 11) is 0. The van der Waals surface area contributed by atoms with Gasteiger partial charge in [-0.2, -0.15) is 0 Å². The van der Waals surface area contributed by atoms with Gasteiger partial charge in [0.15, 0.2) is 5.79 Å². The van der Waals surface area contributed by atoms with Crippen LogP contribution in [0.25, 0.3) is 0 Å². The Morgan fingerprint density at radius 3 is 2.63 bits per heavy atom. The highest BCUT2D eigenvalue weighted by atomic mass is 16.7. The lowest BCUT2D eigenvalue weighted by Gasteiger charge is -2.52. The maximum absolute atomic E-state index is 14.3. The second kappa shape index (κ2) is 15.3. The molecule has 0 saturated carbocycles. The molecule has 10 nitrogen and oxygen atoms in total. The second-order valence-electron chi connectivity index (χ2n) is 15.4. The molecule has 4 aliphatic heterocycles. The Morgan fingerprint density at radius 1 is 1.16 bits per heavy atom. The molecule has 0 aromatic carbocycles. The van der Waals surface area contributed by atoms with E-state index in [1.165, 1.54) is 11.6 Å². The molecule has 3 N–H and O–H groups in total. The Morgan fingerprint density at radius 2 is 1.92 bits per heavy atom. The van der Waals surface area contributed by atoms with Gasteiger partial charge in [-0.3, -0.25) is 9.59 Å². The largest absolute Gasteiger partial charge is 0.462 e. The Labute approximate surface area is 290 Å². The third-order valence-corrected chi connectivity index (χ3v) is 10.8. The van der Waals surface area contributed by atoms with Crippen molar-refractivity contribution in [2.75, 3.05) is 13.2 Å². The molecular formula is C39H56O10. The molecule has 0 radical (unpaired) electrons. The summed E-state index contributed by atoms with van der Waals surface area (Å²) in [6, 6.07) is 0. The topological polar surface area (TPSA) is 141 Å². The molecule has 0 unspecified atom stereocenters. The van der Waals surface area contributed by atoms with Crippen LogP contribution in [0.15, 0.2) is 58.7 Å². The van der Waals surface area contributed by atoms with E-state index in [4.69, 9.17) is 23.7 Å². The number of rotatable bonds is 5. The number of hydrogen-bond donors (Lipinski definition) is 3. The number of fused-ring (bicyclic) bond motifs is 2. The van der Waals surface area contributed by atoms with Crippen LogP contribution in [0.5, 0.6) is 0 Å². The van der Waals surface area contributed by atoms with Gasteiger partial charge >= 0.3 is 11.9 Å². The van der Waals surface area contributed by atoms with Crippen LogP contribution in [0.4, 0.5) is 0 Å². The van der Waals surface area contributed by atoms with Crippen LogP contribution in [0.2, 0.25) is 0 Å². The fraction of sp³-hybridized carbons (Fsp3) is 0.692. The molecule has 5 aliphatic rings. The molecule has 49 heavy (non-hydrogen) atoms. The van der Waals surface area contributed by atoms with Gasteiger partial charge in [0.05, 0.1) is 18.8 Å². The van der Waals surface area contributed by atoms with Gasteiger partial charge < -0.3 is 39.0 Å². The van der Waals surface area contributed by atoms with E-state index in [0.717, 1.165) is 12.0 Å². The van der Waals surface area contributed by atoms with Crippen LogP contribution in [0.1, 0.15) is 87.0 Å². The molecule has 2 bridgehead atoms. The predicted octanol–water partition coefficient (Wildman–Crippen LogP) is 5.02. The molecular weight excluding hydrogens is 628 g/mol. The number of allylic oxidation sites excluding steroid dienone is 5. The van der Waals surface area contributed by atoms with Crippen molar-refractivity contribution in [1.29, 1.82) is 0 Å². The standard InChI is InChI=1S/C39H56O10/c1-8-25(6)35-26(7)16-32(40)38(49-35)19-30-18-29(48-38)13-12-24(5)15-23(4)10-9-11-28-21-46-36-34(42)27(20-45-33(41)14-22(2)3)17-31(37(43)47-30)39(28,36)44/h8-12,17,22-23,26,29-32,34-36,40,42,44H,13-16,18-21H2,1-7H3/b10-9-,24-12-,25-8+,28-11-/t23-,26-,29+,30-,31-,32+,34+,35+,36+,38-,39+/m0/s1. The molecule has 5 rings (SSSR count). The minimum Gasteiger partial charge on any atom is -0.462 e. The number of ether oxygens (including phenoxy) is 5. The molecule has 0 aromatic heterocycles. The smallest absolute Gasteiger partial charge is 0.316 e. The lowest BCUT2D eigenvalue weighted by molar-refractivity contribution is -0.363. The number of carbonyl (C=O) groups excluding carboxylic acids is 2. The summed E-state index contributed by atoms with van der Waals surface area (Å²) in [5, 5.41) is 35.3. The van der Waals surface area contributed by atoms with Crippen molar-refractivity contribution >= 4 is 11.9 Å². The zero-order valence-electron chi connectivity index (χ0n) is 30.1. The summed E-state index contributed by atoms with van der Waals surface area (Å²) in [5.41, 5.74) is 1.01. The molecule has 1 spiro atoms. The average Bonchev–Trinajstić information content (AvgIpc) is 3.37. The minimum atomic E-state index is -1.91. The first-order valence-electron chi connectivity index (χ1n) is 18.0. The molecule has 0 amide bonds. The van der Waals surface area contributed by atoms with Crippen LogP contribution < -0.4 is 0 Å². The van der Waals surface area contributed by atoms with Crippen LogP contribution in [-0.4, -0.2) is 88.5 Å². The van der Waals surface area contributed by atoms with E-state index in [-0.39, 0.29) is 55.5 Å². The Kier molecular flexibility index (Phi) is 11.8. The number of hydrogen-bond acceptors (Lipinski definition) is 10. The molecule has 1 aliphatic carbocycles. The molecule has 0 aromatic rings. The summed E-state index contributed by atoms with van der Waals surface area (Å²) in [6.07, 6.45) is 8.93. The molecule has 3 saturated heterocycles. The van der Waals surface area contributed by atoms with E-state index < -0.39 is 59.8 Å². The van der Waals surface area contributed by atoms with E-state index in [0.29, 0.717) is 24.8 Å². The van der Waals surface area contributed by atoms with Crippen LogP contribution in [-0.2, 0) is 33.3 Å². The first kappa shape index (κ1) is 37.7. The highest BCUT2D eigenvalue weighted by Gasteiger charge is 2.61. The predicted molar refractivity (Wildman–Crippen MR) is 183 cm³/mol. The van der Waals surface area contributed by atoms with Gasteiger partial charge in [0.1, 0.15) is 42.5 Å². The molecule has 11 atom stereocenters. The summed E-state index contributed by atoms with van der Waals surface area (Å²) >= 11 is 0. The van der Waals surface area contributed by atoms with Gasteiger partial charge in [-0.15, -0.1) is 0 Å². The first-order chi connectivity index (χ1) is 23.2. The molecule has 3 fully saturated rings. The van der Waals surface area contributed by atoms with Crippen LogP contribution in [0.3, 0.4) is 0 Å². The van der Waals surface area contributed by atoms with Gasteiger partial charge in [0.25, 0.3) is 0 Å². The highest BCUT2D eigenvalue weighted by molar-refractivity contribution is 5.79. The van der Waals surface area contributed by atoms with Gasteiger partial charge in [-0.25, -0.2) is 0 Å². The lowest BCUT2D eigenvalue weighted by Crippen LogP contribution is -2.62. The van der Waals surface area contributed by atoms with Crippen LogP contribution in [0, 0.1) is 23.7 Å². The molecule has 272 valence electrons. The van der Waals surface area contributed by atoms with Crippen molar-refractivity contribution in [2.24, 2.45) is 23.7 Å². The summed E-state index contributed by atoms with van der Waals surface area (Å²) < 4.78 is 31.0. The lowest BCUT2D eigenvalue weighted by atomic mass is 9.70. The normalized spacial score (nSPS) is 43.1. The SMILES string of the molecule is C/C=C(\C)[C@H]1O[C@@]2(C[C@@H]3C[C@@H](C/C=C(/C)C[C@@H](C)/C=C\C=C4\CO[C@@H]5[C@H](O)C(COC(=O)CC(C)C)=C[C@@H](C(=O)O3)[C@]45O)O2)[C@H](O)C[C@@H]1C. The van der Waals surface area contributed by atoms with Crippen LogP contribution >= 0.6 is 0 Å². The van der Waals surface area contributed by atoms with E-state index >= 15 is 0 Å². The Hall–Kier alpha value is -2.60. The fourth-order valence-corrected chi connectivity index (χ4v) is 8.03. The van der Waals surface area contributed by atoms with Crippen molar-refractivity contribution in [3.8, 4) is 0 Å². The van der Waals surface area contributed by atoms with Crippen molar-refractivity contribution in [1.82, 2.24) is 0 Å². The maximum Gasteiger partial charge on any atom is 0.316 e. The van der Waals surface area contributed by atoms with E-state index in [1.807, 2.05) is 52.8 Å². The summed E-state index contributed by atoms with van der Waals surface area (Å²) in [6.45, 7) is 13.8. The van der Waals surface area contributed by atoms with Gasteiger partial charge in [0.2, 0.25) is 0 Å². The van der Waals surface area contributed by atoms with Crippen molar-refractivity contribution in [3.63, 3.8) is 0 Å². The number of esters is 2. The Bertz CT molecular complexity index is 1390. The fourth-order valence-electron chi connectivity index (χ4n) is 8.03. The maximum atomic E-state index is 14.3.